The Morgan fingerprint density at radius 3 is 2.37 bits per heavy atom. The molecule has 0 saturated heterocycles. The van der Waals surface area contributed by atoms with Crippen LogP contribution in [0.1, 0.15) is 51.0 Å². The minimum absolute atomic E-state index is 0.210. The van der Waals surface area contributed by atoms with E-state index in [9.17, 15) is 9.50 Å². The van der Waals surface area contributed by atoms with Crippen LogP contribution in [0.4, 0.5) is 4.39 Å². The molecule has 1 saturated carbocycles. The van der Waals surface area contributed by atoms with Crippen molar-refractivity contribution in [2.45, 2.75) is 58.0 Å². The fraction of sp³-hybridized carbons (Fsp3) is 0.647. The van der Waals surface area contributed by atoms with E-state index in [0.29, 0.717) is 12.3 Å². The Hall–Kier alpha value is -0.890. The highest BCUT2D eigenvalue weighted by atomic mass is 19.1. The van der Waals surface area contributed by atoms with E-state index in [1.807, 2.05) is 0 Å². The van der Waals surface area contributed by atoms with Gasteiger partial charge in [0.15, 0.2) is 0 Å². The molecule has 0 heterocycles. The van der Waals surface area contributed by atoms with Crippen LogP contribution in [0, 0.1) is 17.7 Å². The van der Waals surface area contributed by atoms with Crippen molar-refractivity contribution in [1.82, 2.24) is 0 Å². The quantitative estimate of drug-likeness (QED) is 0.839. The van der Waals surface area contributed by atoms with Gasteiger partial charge >= 0.3 is 0 Å². The Morgan fingerprint density at radius 1 is 1.16 bits per heavy atom. The van der Waals surface area contributed by atoms with Gasteiger partial charge in [-0.3, -0.25) is 0 Å². The molecule has 1 aliphatic carbocycles. The molecule has 0 bridgehead atoms. The molecule has 1 aromatic carbocycles. The maximum atomic E-state index is 12.8. The second-order valence-electron chi connectivity index (χ2n) is 5.97. The normalized spacial score (nSPS) is 25.2. The predicted molar refractivity (Wildman–Crippen MR) is 76.5 cm³/mol. The van der Waals surface area contributed by atoms with Gasteiger partial charge in [-0.05, 0) is 48.8 Å². The van der Waals surface area contributed by atoms with E-state index in [0.717, 1.165) is 24.3 Å². The van der Waals surface area contributed by atoms with E-state index in [-0.39, 0.29) is 11.9 Å². The van der Waals surface area contributed by atoms with Gasteiger partial charge < -0.3 is 5.11 Å². The van der Waals surface area contributed by atoms with Crippen LogP contribution in [0.2, 0.25) is 0 Å². The van der Waals surface area contributed by atoms with Gasteiger partial charge in [-0.15, -0.1) is 0 Å². The van der Waals surface area contributed by atoms with Crippen molar-refractivity contribution in [3.8, 4) is 0 Å². The molecular formula is C17H25FO. The molecule has 0 radical (unpaired) electrons. The first-order valence-corrected chi connectivity index (χ1v) is 7.61. The zero-order valence-corrected chi connectivity index (χ0v) is 11.8. The number of aliphatic hydroxyl groups excluding tert-OH is 1. The van der Waals surface area contributed by atoms with E-state index in [4.69, 9.17) is 0 Å². The molecule has 1 nitrogen and oxygen atoms in total. The number of benzene rings is 1. The number of hydrogen-bond donors (Lipinski definition) is 1. The third-order valence-corrected chi connectivity index (χ3v) is 4.49. The van der Waals surface area contributed by atoms with Crippen molar-refractivity contribution in [1.29, 1.82) is 0 Å². The first kappa shape index (κ1) is 14.5. The molecule has 1 aliphatic rings. The lowest BCUT2D eigenvalue weighted by Gasteiger charge is -2.31. The van der Waals surface area contributed by atoms with Crippen LogP contribution in [0.5, 0.6) is 0 Å². The Balaban J connectivity index is 1.81. The molecule has 2 heteroatoms. The summed E-state index contributed by atoms with van der Waals surface area (Å²) in [6, 6.07) is 6.50. The molecule has 0 aliphatic heterocycles. The third kappa shape index (κ3) is 4.31. The molecular weight excluding hydrogens is 239 g/mol. The van der Waals surface area contributed by atoms with Gasteiger partial charge in [-0.2, -0.15) is 0 Å². The number of hydrogen-bond acceptors (Lipinski definition) is 1. The molecule has 2 rings (SSSR count). The molecule has 1 N–H and O–H groups in total. The monoisotopic (exact) mass is 264 g/mol. The topological polar surface area (TPSA) is 20.2 Å². The van der Waals surface area contributed by atoms with Gasteiger partial charge in [-0.25, -0.2) is 4.39 Å². The molecule has 1 atom stereocenters. The number of halogens is 1. The summed E-state index contributed by atoms with van der Waals surface area (Å²) in [5, 5.41) is 10.3. The standard InChI is InChI=1S/C17H25FO/c1-2-3-13-4-8-15(9-5-13)17(19)12-14-6-10-16(18)11-7-14/h6-7,10-11,13,15,17,19H,2-5,8-9,12H2,1H3. The Kier molecular flexibility index (Phi) is 5.38. The van der Waals surface area contributed by atoms with E-state index in [1.54, 1.807) is 12.1 Å². The summed E-state index contributed by atoms with van der Waals surface area (Å²) < 4.78 is 12.8. The number of rotatable bonds is 5. The lowest BCUT2D eigenvalue weighted by Crippen LogP contribution is -2.27. The summed E-state index contributed by atoms with van der Waals surface area (Å²) in [6.45, 7) is 2.25. The van der Waals surface area contributed by atoms with E-state index < -0.39 is 0 Å². The summed E-state index contributed by atoms with van der Waals surface area (Å²) in [7, 11) is 0. The Labute approximate surface area is 115 Å². The molecule has 106 valence electrons. The summed E-state index contributed by atoms with van der Waals surface area (Å²) in [4.78, 5) is 0. The molecule has 1 aromatic rings. The maximum Gasteiger partial charge on any atom is 0.123 e. The van der Waals surface area contributed by atoms with Crippen LogP contribution < -0.4 is 0 Å². The van der Waals surface area contributed by atoms with Crippen molar-refractivity contribution >= 4 is 0 Å². The van der Waals surface area contributed by atoms with E-state index >= 15 is 0 Å². The maximum absolute atomic E-state index is 12.8. The fourth-order valence-electron chi connectivity index (χ4n) is 3.30. The lowest BCUT2D eigenvalue weighted by molar-refractivity contribution is 0.0728. The fourth-order valence-corrected chi connectivity index (χ4v) is 3.30. The second-order valence-corrected chi connectivity index (χ2v) is 5.97. The highest BCUT2D eigenvalue weighted by Gasteiger charge is 2.26. The van der Waals surface area contributed by atoms with E-state index in [2.05, 4.69) is 6.92 Å². The van der Waals surface area contributed by atoms with Crippen molar-refractivity contribution in [3.05, 3.63) is 35.6 Å². The summed E-state index contributed by atoms with van der Waals surface area (Å²) in [5.74, 6) is 1.09. The van der Waals surface area contributed by atoms with Gasteiger partial charge in [0.2, 0.25) is 0 Å². The average molecular weight is 264 g/mol. The summed E-state index contributed by atoms with van der Waals surface area (Å²) >= 11 is 0. The predicted octanol–water partition coefficient (Wildman–Crippen LogP) is 4.34. The van der Waals surface area contributed by atoms with Crippen molar-refractivity contribution < 1.29 is 9.50 Å². The van der Waals surface area contributed by atoms with Crippen LogP contribution >= 0.6 is 0 Å². The molecule has 0 spiro atoms. The van der Waals surface area contributed by atoms with Gasteiger partial charge in [0.1, 0.15) is 5.82 Å². The van der Waals surface area contributed by atoms with Crippen LogP contribution in [0.3, 0.4) is 0 Å². The van der Waals surface area contributed by atoms with Crippen LogP contribution in [-0.2, 0) is 6.42 Å². The minimum atomic E-state index is -0.270. The van der Waals surface area contributed by atoms with Crippen molar-refractivity contribution in [2.24, 2.45) is 11.8 Å². The van der Waals surface area contributed by atoms with Gasteiger partial charge in [0, 0.05) is 0 Å². The van der Waals surface area contributed by atoms with E-state index in [1.165, 1.54) is 37.8 Å². The van der Waals surface area contributed by atoms with Crippen LogP contribution in [-0.4, -0.2) is 11.2 Å². The summed E-state index contributed by atoms with van der Waals surface area (Å²) in [5.41, 5.74) is 1.03. The van der Waals surface area contributed by atoms with Crippen LogP contribution in [0.25, 0.3) is 0 Å². The zero-order chi connectivity index (χ0) is 13.7. The Morgan fingerprint density at radius 2 is 1.79 bits per heavy atom. The van der Waals surface area contributed by atoms with Gasteiger partial charge in [0.25, 0.3) is 0 Å². The molecule has 0 amide bonds. The number of aliphatic hydroxyl groups is 1. The van der Waals surface area contributed by atoms with Crippen LogP contribution in [0.15, 0.2) is 24.3 Å². The molecule has 0 aromatic heterocycles. The highest BCUT2D eigenvalue weighted by Crippen LogP contribution is 2.34. The zero-order valence-electron chi connectivity index (χ0n) is 11.8. The van der Waals surface area contributed by atoms with Gasteiger partial charge in [0.05, 0.1) is 6.10 Å². The van der Waals surface area contributed by atoms with Crippen molar-refractivity contribution in [3.63, 3.8) is 0 Å². The first-order chi connectivity index (χ1) is 9.19. The van der Waals surface area contributed by atoms with Gasteiger partial charge in [-0.1, -0.05) is 44.7 Å². The SMILES string of the molecule is CCCC1CCC(C(O)Cc2ccc(F)cc2)CC1. The summed E-state index contributed by atoms with van der Waals surface area (Å²) in [6.07, 6.45) is 7.81. The molecule has 1 unspecified atom stereocenters. The minimum Gasteiger partial charge on any atom is -0.392 e. The molecule has 1 fully saturated rings. The average Bonchev–Trinajstić information content (AvgIpc) is 2.42. The first-order valence-electron chi connectivity index (χ1n) is 7.61. The third-order valence-electron chi connectivity index (χ3n) is 4.49. The second kappa shape index (κ2) is 7.04. The molecule has 19 heavy (non-hydrogen) atoms. The van der Waals surface area contributed by atoms with Crippen molar-refractivity contribution in [2.75, 3.05) is 0 Å². The highest BCUT2D eigenvalue weighted by molar-refractivity contribution is 5.17. The smallest absolute Gasteiger partial charge is 0.123 e. The Bertz CT molecular complexity index is 365. The lowest BCUT2D eigenvalue weighted by atomic mass is 9.77. The largest absolute Gasteiger partial charge is 0.392 e.